The first-order valence-electron chi connectivity index (χ1n) is 9.48. The lowest BCUT2D eigenvalue weighted by molar-refractivity contribution is 0.0168. The Kier molecular flexibility index (Phi) is 6.26. The highest BCUT2D eigenvalue weighted by Gasteiger charge is 2.12. The van der Waals surface area contributed by atoms with Crippen LogP contribution in [0.2, 0.25) is 0 Å². The summed E-state index contributed by atoms with van der Waals surface area (Å²) in [6.07, 6.45) is 0. The summed E-state index contributed by atoms with van der Waals surface area (Å²) in [5.41, 5.74) is 5.16. The van der Waals surface area contributed by atoms with Gasteiger partial charge in [-0.15, -0.1) is 0 Å². The SMILES string of the molecule is COCCOc1ccc2nc(Nc3nc4ccc(C(=O)NOCCO)cc4[nH]3)oc2c1. The minimum Gasteiger partial charge on any atom is -0.491 e. The minimum atomic E-state index is -0.429. The molecule has 1 amide bonds. The van der Waals surface area contributed by atoms with E-state index in [1.165, 1.54) is 0 Å². The Balaban J connectivity index is 1.47. The number of benzene rings is 2. The van der Waals surface area contributed by atoms with E-state index in [0.29, 0.717) is 52.6 Å². The number of aromatic amines is 1. The molecule has 4 N–H and O–H groups in total. The quantitative estimate of drug-likeness (QED) is 0.221. The van der Waals surface area contributed by atoms with E-state index in [1.54, 1.807) is 37.4 Å². The number of nitrogens with one attached hydrogen (secondary N) is 3. The number of hydrogen-bond acceptors (Lipinski definition) is 9. The lowest BCUT2D eigenvalue weighted by atomic mass is 10.2. The molecular weight excluding hydrogens is 406 g/mol. The Bertz CT molecular complexity index is 1190. The van der Waals surface area contributed by atoms with E-state index < -0.39 is 5.91 Å². The van der Waals surface area contributed by atoms with Crippen LogP contribution in [0.25, 0.3) is 22.1 Å². The zero-order valence-corrected chi connectivity index (χ0v) is 16.7. The van der Waals surface area contributed by atoms with E-state index in [1.807, 2.05) is 6.07 Å². The molecule has 0 aliphatic rings. The smallest absolute Gasteiger partial charge is 0.302 e. The van der Waals surface area contributed by atoms with Crippen molar-refractivity contribution in [1.82, 2.24) is 20.4 Å². The Hall–Kier alpha value is -3.67. The molecule has 0 spiro atoms. The summed E-state index contributed by atoms with van der Waals surface area (Å²) in [6.45, 7) is 0.754. The number of aromatic nitrogens is 3. The largest absolute Gasteiger partial charge is 0.491 e. The molecule has 0 bridgehead atoms. The maximum Gasteiger partial charge on any atom is 0.302 e. The molecule has 0 radical (unpaired) electrons. The van der Waals surface area contributed by atoms with Crippen molar-refractivity contribution in [2.75, 3.05) is 38.9 Å². The predicted octanol–water partition coefficient (Wildman–Crippen LogP) is 2.13. The average molecular weight is 427 g/mol. The van der Waals surface area contributed by atoms with Gasteiger partial charge in [0.2, 0.25) is 5.95 Å². The van der Waals surface area contributed by atoms with Crippen LogP contribution in [-0.4, -0.2) is 59.5 Å². The first-order valence-corrected chi connectivity index (χ1v) is 9.48. The Morgan fingerprint density at radius 2 is 2.00 bits per heavy atom. The second-order valence-electron chi connectivity index (χ2n) is 6.44. The summed E-state index contributed by atoms with van der Waals surface area (Å²) < 4.78 is 16.3. The first kappa shape index (κ1) is 20.6. The Morgan fingerprint density at radius 3 is 2.84 bits per heavy atom. The maximum absolute atomic E-state index is 12.1. The summed E-state index contributed by atoms with van der Waals surface area (Å²) in [7, 11) is 1.61. The van der Waals surface area contributed by atoms with Gasteiger partial charge in [0.05, 0.1) is 30.9 Å². The highest BCUT2D eigenvalue weighted by atomic mass is 16.7. The zero-order valence-electron chi connectivity index (χ0n) is 16.7. The van der Waals surface area contributed by atoms with Gasteiger partial charge in [-0.25, -0.2) is 10.5 Å². The van der Waals surface area contributed by atoms with Crippen LogP contribution in [0.1, 0.15) is 10.4 Å². The first-order chi connectivity index (χ1) is 15.2. The van der Waals surface area contributed by atoms with Crippen LogP contribution < -0.4 is 15.5 Å². The molecule has 11 heteroatoms. The number of methoxy groups -OCH3 is 1. The number of H-pyrrole nitrogens is 1. The van der Waals surface area contributed by atoms with Crippen LogP contribution in [-0.2, 0) is 9.57 Å². The van der Waals surface area contributed by atoms with Crippen LogP contribution in [0.3, 0.4) is 0 Å². The number of fused-ring (bicyclic) bond motifs is 2. The van der Waals surface area contributed by atoms with Crippen LogP contribution in [0.5, 0.6) is 5.75 Å². The third-order valence-electron chi connectivity index (χ3n) is 4.24. The van der Waals surface area contributed by atoms with E-state index in [2.05, 4.69) is 25.7 Å². The fourth-order valence-electron chi connectivity index (χ4n) is 2.82. The van der Waals surface area contributed by atoms with Gasteiger partial charge in [-0.1, -0.05) is 0 Å². The van der Waals surface area contributed by atoms with Crippen molar-refractivity contribution in [1.29, 1.82) is 0 Å². The number of amides is 1. The number of hydroxylamine groups is 1. The molecule has 0 saturated carbocycles. The van der Waals surface area contributed by atoms with E-state index in [9.17, 15) is 4.79 Å². The van der Waals surface area contributed by atoms with Gasteiger partial charge in [0.25, 0.3) is 5.91 Å². The molecule has 0 fully saturated rings. The third kappa shape index (κ3) is 4.91. The lowest BCUT2D eigenvalue weighted by Gasteiger charge is -2.04. The molecule has 2 heterocycles. The number of ether oxygens (including phenoxy) is 2. The molecular formula is C20H21N5O6. The molecule has 0 aliphatic carbocycles. The van der Waals surface area contributed by atoms with Crippen molar-refractivity contribution in [2.45, 2.75) is 0 Å². The number of anilines is 2. The monoisotopic (exact) mass is 427 g/mol. The second kappa shape index (κ2) is 9.43. The van der Waals surface area contributed by atoms with Gasteiger partial charge in [-0.2, -0.15) is 4.98 Å². The van der Waals surface area contributed by atoms with E-state index in [0.717, 1.165) is 0 Å². The summed E-state index contributed by atoms with van der Waals surface area (Å²) in [5.74, 6) is 0.638. The van der Waals surface area contributed by atoms with Gasteiger partial charge in [0.15, 0.2) is 5.58 Å². The molecule has 0 unspecified atom stereocenters. The summed E-state index contributed by atoms with van der Waals surface area (Å²) in [4.78, 5) is 28.8. The van der Waals surface area contributed by atoms with Crippen LogP contribution in [0.4, 0.5) is 12.0 Å². The number of oxazole rings is 1. The number of carbonyl (C=O) groups excluding carboxylic acids is 1. The number of nitrogens with zero attached hydrogens (tertiary/aromatic N) is 2. The predicted molar refractivity (Wildman–Crippen MR) is 111 cm³/mol. The van der Waals surface area contributed by atoms with Crippen LogP contribution in [0.15, 0.2) is 40.8 Å². The highest BCUT2D eigenvalue weighted by molar-refractivity contribution is 5.97. The topological polar surface area (TPSA) is 144 Å². The molecule has 2 aromatic carbocycles. The standard InChI is InChI=1S/C20H21N5O6/c1-28-8-9-29-13-3-5-15-17(11-13)31-20(23-15)24-19-21-14-4-2-12(10-16(14)22-19)18(27)25-30-7-6-26/h2-5,10-11,26H,6-9H2,1H3,(H,25,27)(H2,21,22,23,24). The Morgan fingerprint density at radius 1 is 1.13 bits per heavy atom. The summed E-state index contributed by atoms with van der Waals surface area (Å²) >= 11 is 0. The number of aliphatic hydroxyl groups is 1. The van der Waals surface area contributed by atoms with Gasteiger partial charge in [-0.05, 0) is 30.3 Å². The molecule has 2 aromatic heterocycles. The molecule has 0 saturated heterocycles. The van der Waals surface area contributed by atoms with Crippen molar-refractivity contribution in [3.8, 4) is 5.75 Å². The molecule has 4 rings (SSSR count). The van der Waals surface area contributed by atoms with Crippen molar-refractivity contribution in [3.05, 3.63) is 42.0 Å². The average Bonchev–Trinajstić information content (AvgIpc) is 3.35. The van der Waals surface area contributed by atoms with Crippen LogP contribution >= 0.6 is 0 Å². The normalized spacial score (nSPS) is 11.2. The number of imidazole rings is 1. The molecule has 0 aliphatic heterocycles. The minimum absolute atomic E-state index is 0.0113. The molecule has 0 atom stereocenters. The van der Waals surface area contributed by atoms with Crippen molar-refractivity contribution >= 4 is 40.0 Å². The van der Waals surface area contributed by atoms with E-state index in [-0.39, 0.29) is 19.2 Å². The van der Waals surface area contributed by atoms with Gasteiger partial charge in [-0.3, -0.25) is 14.9 Å². The van der Waals surface area contributed by atoms with Gasteiger partial charge in [0.1, 0.15) is 17.9 Å². The van der Waals surface area contributed by atoms with Crippen molar-refractivity contribution in [2.24, 2.45) is 0 Å². The molecule has 162 valence electrons. The highest BCUT2D eigenvalue weighted by Crippen LogP contribution is 2.26. The zero-order chi connectivity index (χ0) is 21.6. The number of rotatable bonds is 10. The lowest BCUT2D eigenvalue weighted by Crippen LogP contribution is -2.25. The van der Waals surface area contributed by atoms with E-state index >= 15 is 0 Å². The van der Waals surface area contributed by atoms with E-state index in [4.69, 9.17) is 23.8 Å². The summed E-state index contributed by atoms with van der Waals surface area (Å²) in [5, 5.41) is 11.7. The van der Waals surface area contributed by atoms with Crippen molar-refractivity contribution in [3.63, 3.8) is 0 Å². The number of hydrogen-bond donors (Lipinski definition) is 4. The Labute approximate surface area is 176 Å². The summed E-state index contributed by atoms with van der Waals surface area (Å²) in [6, 6.07) is 10.6. The third-order valence-corrected chi connectivity index (χ3v) is 4.24. The van der Waals surface area contributed by atoms with Crippen LogP contribution in [0, 0.1) is 0 Å². The fourth-order valence-corrected chi connectivity index (χ4v) is 2.82. The van der Waals surface area contributed by atoms with Gasteiger partial charge in [0, 0.05) is 18.7 Å². The van der Waals surface area contributed by atoms with Gasteiger partial charge < -0.3 is 24.0 Å². The fraction of sp³-hybridized carbons (Fsp3) is 0.250. The van der Waals surface area contributed by atoms with Gasteiger partial charge >= 0.3 is 6.01 Å². The molecule has 11 nitrogen and oxygen atoms in total. The molecule has 4 aromatic rings. The maximum atomic E-state index is 12.1. The molecule has 31 heavy (non-hydrogen) atoms. The van der Waals surface area contributed by atoms with Crippen molar-refractivity contribution < 1.29 is 28.6 Å². The number of carbonyl (C=O) groups is 1. The number of aliphatic hydroxyl groups excluding tert-OH is 1. The second-order valence-corrected chi connectivity index (χ2v) is 6.44.